The Kier molecular flexibility index (Phi) is 5.50. The number of aliphatic hydroxyl groups is 4. The average molecular weight is 268 g/mol. The number of benzene rings is 1. The number of hydrogen-bond donors (Lipinski definition) is 4. The van der Waals surface area contributed by atoms with E-state index in [2.05, 4.69) is 0 Å². The molecule has 1 aromatic carbocycles. The highest BCUT2D eigenvalue weighted by Crippen LogP contribution is 2.33. The first-order valence-corrected chi connectivity index (χ1v) is 6.56. The largest absolute Gasteiger partial charge is 0.394 e. The van der Waals surface area contributed by atoms with Crippen LogP contribution in [0.3, 0.4) is 0 Å². The van der Waals surface area contributed by atoms with E-state index in [1.807, 2.05) is 6.07 Å². The van der Waals surface area contributed by atoms with Crippen LogP contribution in [0.25, 0.3) is 0 Å². The zero-order chi connectivity index (χ0) is 14.6. The fourth-order valence-electron chi connectivity index (χ4n) is 2.11. The molecular weight excluding hydrogens is 244 g/mol. The molecule has 0 aromatic heterocycles. The first kappa shape index (κ1) is 16.1. The molecule has 0 heterocycles. The second-order valence-electron chi connectivity index (χ2n) is 5.51. The molecule has 19 heavy (non-hydrogen) atoms. The van der Waals surface area contributed by atoms with Crippen molar-refractivity contribution >= 4 is 0 Å². The van der Waals surface area contributed by atoms with Crippen molar-refractivity contribution in [3.63, 3.8) is 0 Å². The van der Waals surface area contributed by atoms with Crippen LogP contribution in [-0.2, 0) is 0 Å². The minimum Gasteiger partial charge on any atom is -0.394 e. The summed E-state index contributed by atoms with van der Waals surface area (Å²) in [5, 5.41) is 40.0. The van der Waals surface area contributed by atoms with E-state index >= 15 is 0 Å². The van der Waals surface area contributed by atoms with Crippen molar-refractivity contribution in [3.8, 4) is 0 Å². The standard InChI is InChI=1S/C15H24O4/c1-10(2)15(3,19)14(18)13(12(17)9-16)11-7-5-4-6-8-11/h4-8,10,12-14,16-19H,9H2,1-3H3. The van der Waals surface area contributed by atoms with Gasteiger partial charge in [0, 0.05) is 5.92 Å². The molecule has 1 aromatic rings. The Morgan fingerprint density at radius 2 is 1.63 bits per heavy atom. The summed E-state index contributed by atoms with van der Waals surface area (Å²) in [6.07, 6.45) is -2.29. The first-order chi connectivity index (χ1) is 8.82. The highest BCUT2D eigenvalue weighted by molar-refractivity contribution is 5.23. The topological polar surface area (TPSA) is 80.9 Å². The van der Waals surface area contributed by atoms with E-state index in [0.29, 0.717) is 5.56 Å². The summed E-state index contributed by atoms with van der Waals surface area (Å²) in [7, 11) is 0. The van der Waals surface area contributed by atoms with Crippen LogP contribution < -0.4 is 0 Å². The minimum absolute atomic E-state index is 0.181. The maximum Gasteiger partial charge on any atom is 0.0920 e. The maximum absolute atomic E-state index is 10.4. The normalized spacial score (nSPS) is 19.8. The van der Waals surface area contributed by atoms with Gasteiger partial charge in [0.05, 0.1) is 24.4 Å². The Hall–Kier alpha value is -0.940. The van der Waals surface area contributed by atoms with E-state index in [4.69, 9.17) is 0 Å². The highest BCUT2D eigenvalue weighted by atomic mass is 16.3. The van der Waals surface area contributed by atoms with Gasteiger partial charge in [-0.15, -0.1) is 0 Å². The third-order valence-electron chi connectivity index (χ3n) is 3.89. The van der Waals surface area contributed by atoms with Crippen molar-refractivity contribution in [2.24, 2.45) is 5.92 Å². The summed E-state index contributed by atoms with van der Waals surface area (Å²) < 4.78 is 0. The van der Waals surface area contributed by atoms with E-state index in [0.717, 1.165) is 0 Å². The van der Waals surface area contributed by atoms with Gasteiger partial charge in [-0.05, 0) is 18.4 Å². The summed E-state index contributed by atoms with van der Waals surface area (Å²) in [5.74, 6) is -0.914. The molecule has 0 amide bonds. The quantitative estimate of drug-likeness (QED) is 0.618. The van der Waals surface area contributed by atoms with Crippen LogP contribution in [0.15, 0.2) is 30.3 Å². The monoisotopic (exact) mass is 268 g/mol. The lowest BCUT2D eigenvalue weighted by Crippen LogP contribution is -2.50. The van der Waals surface area contributed by atoms with Gasteiger partial charge in [-0.3, -0.25) is 0 Å². The predicted octanol–water partition coefficient (Wildman–Crippen LogP) is 0.891. The van der Waals surface area contributed by atoms with Gasteiger partial charge < -0.3 is 20.4 Å². The van der Waals surface area contributed by atoms with Gasteiger partial charge in [0.2, 0.25) is 0 Å². The third kappa shape index (κ3) is 3.54. The molecule has 4 heteroatoms. The molecule has 0 bridgehead atoms. The van der Waals surface area contributed by atoms with Crippen molar-refractivity contribution in [1.82, 2.24) is 0 Å². The molecule has 4 unspecified atom stereocenters. The SMILES string of the molecule is CC(C)C(C)(O)C(O)C(c1ccccc1)C(O)CO. The molecule has 0 aliphatic rings. The zero-order valence-electron chi connectivity index (χ0n) is 11.7. The molecule has 0 fully saturated rings. The van der Waals surface area contributed by atoms with Crippen LogP contribution in [0, 0.1) is 5.92 Å². The van der Waals surface area contributed by atoms with Gasteiger partial charge in [-0.25, -0.2) is 0 Å². The summed E-state index contributed by atoms with van der Waals surface area (Å²) in [6.45, 7) is 4.68. The molecule has 4 nitrogen and oxygen atoms in total. The van der Waals surface area contributed by atoms with Gasteiger partial charge in [0.1, 0.15) is 0 Å². The van der Waals surface area contributed by atoms with Crippen molar-refractivity contribution in [2.45, 2.75) is 44.5 Å². The van der Waals surface area contributed by atoms with Crippen molar-refractivity contribution < 1.29 is 20.4 Å². The predicted molar refractivity (Wildman–Crippen MR) is 73.7 cm³/mol. The smallest absolute Gasteiger partial charge is 0.0920 e. The average Bonchev–Trinajstić information content (AvgIpc) is 2.39. The van der Waals surface area contributed by atoms with Crippen LogP contribution in [0.4, 0.5) is 0 Å². The third-order valence-corrected chi connectivity index (χ3v) is 3.89. The minimum atomic E-state index is -1.35. The molecule has 0 aliphatic carbocycles. The Balaban J connectivity index is 3.12. The van der Waals surface area contributed by atoms with Gasteiger partial charge in [-0.1, -0.05) is 44.2 Å². The lowest BCUT2D eigenvalue weighted by Gasteiger charge is -2.39. The van der Waals surface area contributed by atoms with Gasteiger partial charge in [0.25, 0.3) is 0 Å². The zero-order valence-corrected chi connectivity index (χ0v) is 11.7. The van der Waals surface area contributed by atoms with E-state index in [1.54, 1.807) is 45.0 Å². The van der Waals surface area contributed by atoms with Crippen LogP contribution in [0.5, 0.6) is 0 Å². The van der Waals surface area contributed by atoms with Crippen LogP contribution in [-0.4, -0.2) is 44.8 Å². The van der Waals surface area contributed by atoms with Crippen molar-refractivity contribution in [2.75, 3.05) is 6.61 Å². The first-order valence-electron chi connectivity index (χ1n) is 6.56. The molecule has 0 saturated heterocycles. The Bertz CT molecular complexity index is 375. The summed E-state index contributed by atoms with van der Waals surface area (Å²) in [5.41, 5.74) is -0.658. The molecule has 4 atom stereocenters. The fraction of sp³-hybridized carbons (Fsp3) is 0.600. The Morgan fingerprint density at radius 3 is 2.05 bits per heavy atom. The van der Waals surface area contributed by atoms with Gasteiger partial charge in [0.15, 0.2) is 0 Å². The summed E-state index contributed by atoms with van der Waals surface area (Å²) >= 11 is 0. The molecule has 0 saturated carbocycles. The molecular formula is C15H24O4. The fourth-order valence-corrected chi connectivity index (χ4v) is 2.11. The Labute approximate surface area is 114 Å². The number of aliphatic hydroxyl groups excluding tert-OH is 3. The van der Waals surface area contributed by atoms with Crippen LogP contribution in [0.2, 0.25) is 0 Å². The van der Waals surface area contributed by atoms with Crippen molar-refractivity contribution in [3.05, 3.63) is 35.9 Å². The lowest BCUT2D eigenvalue weighted by molar-refractivity contribution is -0.121. The van der Waals surface area contributed by atoms with E-state index in [1.165, 1.54) is 0 Å². The number of hydrogen-bond acceptors (Lipinski definition) is 4. The van der Waals surface area contributed by atoms with E-state index in [-0.39, 0.29) is 5.92 Å². The summed E-state index contributed by atoms with van der Waals surface area (Å²) in [4.78, 5) is 0. The maximum atomic E-state index is 10.4. The van der Waals surface area contributed by atoms with Crippen LogP contribution in [0.1, 0.15) is 32.3 Å². The van der Waals surface area contributed by atoms with E-state index in [9.17, 15) is 20.4 Å². The van der Waals surface area contributed by atoms with E-state index < -0.39 is 30.3 Å². The van der Waals surface area contributed by atoms with Gasteiger partial charge in [-0.2, -0.15) is 0 Å². The van der Waals surface area contributed by atoms with Gasteiger partial charge >= 0.3 is 0 Å². The molecule has 108 valence electrons. The summed E-state index contributed by atoms with van der Waals surface area (Å²) in [6, 6.07) is 8.96. The second kappa shape index (κ2) is 6.48. The van der Waals surface area contributed by atoms with Crippen molar-refractivity contribution in [1.29, 1.82) is 0 Å². The molecule has 1 rings (SSSR count). The molecule has 4 N–H and O–H groups in total. The molecule has 0 aliphatic heterocycles. The Morgan fingerprint density at radius 1 is 1.11 bits per heavy atom. The highest BCUT2D eigenvalue weighted by Gasteiger charge is 2.42. The molecule has 0 radical (unpaired) electrons. The molecule has 0 spiro atoms. The second-order valence-corrected chi connectivity index (χ2v) is 5.51. The number of rotatable bonds is 6. The van der Waals surface area contributed by atoms with Crippen LogP contribution >= 0.6 is 0 Å². The lowest BCUT2D eigenvalue weighted by atomic mass is 9.76.